The third-order valence-corrected chi connectivity index (χ3v) is 3.39. The smallest absolute Gasteiger partial charge is 0.301 e. The maximum Gasteiger partial charge on any atom is 0.434 e. The summed E-state index contributed by atoms with van der Waals surface area (Å²) in [4.78, 5) is 3.39. The second-order valence-electron chi connectivity index (χ2n) is 5.07. The molecule has 0 aliphatic rings. The third-order valence-electron chi connectivity index (χ3n) is 3.39. The molecule has 0 aliphatic heterocycles. The van der Waals surface area contributed by atoms with Crippen LogP contribution in [0.3, 0.4) is 0 Å². The molecule has 8 heteroatoms. The molecule has 1 aromatic carbocycles. The number of imidazole rings is 1. The first-order valence-corrected chi connectivity index (χ1v) is 6.52. The van der Waals surface area contributed by atoms with E-state index in [1.165, 1.54) is 0 Å². The lowest BCUT2D eigenvalue weighted by Gasteiger charge is -2.09. The van der Waals surface area contributed by atoms with Crippen molar-refractivity contribution in [2.75, 3.05) is 0 Å². The summed E-state index contributed by atoms with van der Waals surface area (Å²) < 4.78 is 53.3. The van der Waals surface area contributed by atoms with E-state index in [1.807, 2.05) is 0 Å². The van der Waals surface area contributed by atoms with Crippen molar-refractivity contribution in [2.24, 2.45) is 0 Å². The monoisotopic (exact) mass is 312 g/mol. The number of hydrogen-bond acceptors (Lipinski definition) is 2. The van der Waals surface area contributed by atoms with Crippen molar-refractivity contribution in [3.63, 3.8) is 0 Å². The molecule has 0 amide bonds. The Morgan fingerprint density at radius 2 is 2.00 bits per heavy atom. The average molecular weight is 312 g/mol. The van der Waals surface area contributed by atoms with E-state index >= 15 is 0 Å². The number of nitrogens with zero attached hydrogens (tertiary/aromatic N) is 3. The van der Waals surface area contributed by atoms with Gasteiger partial charge in [-0.2, -0.15) is 18.3 Å². The molecule has 0 saturated heterocycles. The first-order chi connectivity index (χ1) is 10.3. The molecular formula is C14H12F4N4. The molecule has 4 nitrogen and oxygen atoms in total. The van der Waals surface area contributed by atoms with Gasteiger partial charge in [-0.15, -0.1) is 0 Å². The molecule has 2 aromatic heterocycles. The number of nitrogens with one attached hydrogen (secondary N) is 1. The van der Waals surface area contributed by atoms with Crippen molar-refractivity contribution in [1.82, 2.24) is 19.7 Å². The van der Waals surface area contributed by atoms with E-state index in [9.17, 15) is 17.6 Å². The first kappa shape index (κ1) is 14.6. The summed E-state index contributed by atoms with van der Waals surface area (Å²) in [6.45, 7) is 2.95. The van der Waals surface area contributed by atoms with Crippen LogP contribution >= 0.6 is 0 Å². The lowest BCUT2D eigenvalue weighted by atomic mass is 10.1. The van der Waals surface area contributed by atoms with Crippen LogP contribution in [0.4, 0.5) is 17.6 Å². The van der Waals surface area contributed by atoms with Gasteiger partial charge in [0, 0.05) is 17.3 Å². The highest BCUT2D eigenvalue weighted by atomic mass is 19.4. The van der Waals surface area contributed by atoms with Crippen molar-refractivity contribution < 1.29 is 17.6 Å². The van der Waals surface area contributed by atoms with Crippen molar-refractivity contribution in [3.8, 4) is 5.69 Å². The summed E-state index contributed by atoms with van der Waals surface area (Å²) in [6.07, 6.45) is -3.88. The van der Waals surface area contributed by atoms with Crippen LogP contribution in [-0.2, 0) is 6.18 Å². The maximum atomic E-state index is 13.7. The molecule has 2 heterocycles. The third kappa shape index (κ3) is 2.34. The standard InChI is InChI=1S/C14H12F4N4/c1-7-3-10(4-9-5-19-21-12(7)9)22-6-11(14(16,17)18)20-13(22)8(2)15/h3-6,8H,1-2H3,(H,19,21)/t8-/m1/s1. The van der Waals surface area contributed by atoms with Crippen molar-refractivity contribution in [2.45, 2.75) is 26.2 Å². The predicted octanol–water partition coefficient (Wildman–Crippen LogP) is 4.11. The van der Waals surface area contributed by atoms with Gasteiger partial charge in [0.15, 0.2) is 11.9 Å². The number of aromatic amines is 1. The van der Waals surface area contributed by atoms with Crippen LogP contribution in [0.2, 0.25) is 0 Å². The minimum absolute atomic E-state index is 0.283. The lowest BCUT2D eigenvalue weighted by Crippen LogP contribution is -2.05. The van der Waals surface area contributed by atoms with Gasteiger partial charge in [0.05, 0.1) is 11.7 Å². The predicted molar refractivity (Wildman–Crippen MR) is 72.5 cm³/mol. The van der Waals surface area contributed by atoms with Crippen LogP contribution in [0.5, 0.6) is 0 Å². The Balaban J connectivity index is 2.22. The minimum atomic E-state index is -4.62. The molecule has 0 spiro atoms. The Kier molecular flexibility index (Phi) is 3.19. The normalized spacial score (nSPS) is 13.7. The molecule has 0 unspecified atom stereocenters. The van der Waals surface area contributed by atoms with Crippen LogP contribution in [0.1, 0.15) is 30.2 Å². The van der Waals surface area contributed by atoms with Gasteiger partial charge in [-0.1, -0.05) is 0 Å². The Morgan fingerprint density at radius 1 is 1.27 bits per heavy atom. The highest BCUT2D eigenvalue weighted by Gasteiger charge is 2.35. The molecule has 0 fully saturated rings. The topological polar surface area (TPSA) is 46.5 Å². The van der Waals surface area contributed by atoms with Crippen LogP contribution in [-0.4, -0.2) is 19.7 Å². The van der Waals surface area contributed by atoms with E-state index in [-0.39, 0.29) is 5.82 Å². The molecule has 0 saturated carbocycles. The van der Waals surface area contributed by atoms with Gasteiger partial charge in [-0.05, 0) is 31.5 Å². The SMILES string of the molecule is Cc1cc(-n2cc(C(F)(F)F)nc2[C@@H](C)F)cc2cn[nH]c12. The summed E-state index contributed by atoms with van der Waals surface area (Å²) in [5, 5.41) is 7.43. The average Bonchev–Trinajstić information content (AvgIpc) is 3.04. The molecule has 3 rings (SSSR count). The number of alkyl halides is 4. The maximum absolute atomic E-state index is 13.7. The van der Waals surface area contributed by atoms with Crippen LogP contribution in [0, 0.1) is 6.92 Å². The van der Waals surface area contributed by atoms with E-state index in [0.29, 0.717) is 5.69 Å². The number of hydrogen-bond donors (Lipinski definition) is 1. The van der Waals surface area contributed by atoms with E-state index in [1.54, 1.807) is 25.3 Å². The van der Waals surface area contributed by atoms with E-state index < -0.39 is 18.0 Å². The largest absolute Gasteiger partial charge is 0.434 e. The van der Waals surface area contributed by atoms with Gasteiger partial charge in [0.1, 0.15) is 5.82 Å². The molecule has 0 radical (unpaired) electrons. The van der Waals surface area contributed by atoms with Crippen molar-refractivity contribution >= 4 is 10.9 Å². The molecule has 1 atom stereocenters. The molecule has 0 aliphatic carbocycles. The van der Waals surface area contributed by atoms with Gasteiger partial charge in [-0.3, -0.25) is 5.10 Å². The number of aryl methyl sites for hydroxylation is 1. The highest BCUT2D eigenvalue weighted by molar-refractivity contribution is 5.83. The summed E-state index contributed by atoms with van der Waals surface area (Å²) in [5.74, 6) is -0.283. The van der Waals surface area contributed by atoms with Gasteiger partial charge in [0.25, 0.3) is 0 Å². The highest BCUT2D eigenvalue weighted by Crippen LogP contribution is 2.32. The first-order valence-electron chi connectivity index (χ1n) is 6.52. The zero-order valence-corrected chi connectivity index (χ0v) is 11.7. The summed E-state index contributed by atoms with van der Waals surface area (Å²) in [6, 6.07) is 3.30. The summed E-state index contributed by atoms with van der Waals surface area (Å²) >= 11 is 0. The number of fused-ring (bicyclic) bond motifs is 1. The van der Waals surface area contributed by atoms with Crippen LogP contribution in [0.15, 0.2) is 24.5 Å². The number of aromatic nitrogens is 4. The molecule has 116 valence electrons. The van der Waals surface area contributed by atoms with E-state index in [0.717, 1.165) is 34.2 Å². The Hall–Kier alpha value is -2.38. The number of H-pyrrole nitrogens is 1. The van der Waals surface area contributed by atoms with Gasteiger partial charge < -0.3 is 4.57 Å². The fraction of sp³-hybridized carbons (Fsp3) is 0.286. The van der Waals surface area contributed by atoms with Gasteiger partial charge >= 0.3 is 6.18 Å². The second-order valence-corrected chi connectivity index (χ2v) is 5.07. The Bertz CT molecular complexity index is 829. The second kappa shape index (κ2) is 4.82. The molecular weight excluding hydrogens is 300 g/mol. The van der Waals surface area contributed by atoms with E-state index in [2.05, 4.69) is 15.2 Å². The fourth-order valence-electron chi connectivity index (χ4n) is 2.37. The molecule has 3 aromatic rings. The van der Waals surface area contributed by atoms with Crippen LogP contribution in [0.25, 0.3) is 16.6 Å². The number of rotatable bonds is 2. The zero-order valence-electron chi connectivity index (χ0n) is 11.7. The number of halogens is 4. The van der Waals surface area contributed by atoms with Crippen LogP contribution < -0.4 is 0 Å². The van der Waals surface area contributed by atoms with Crippen molar-refractivity contribution in [1.29, 1.82) is 0 Å². The van der Waals surface area contributed by atoms with Crippen molar-refractivity contribution in [3.05, 3.63) is 41.6 Å². The number of benzene rings is 1. The fourth-order valence-corrected chi connectivity index (χ4v) is 2.37. The summed E-state index contributed by atoms with van der Waals surface area (Å²) in [5.41, 5.74) is 0.880. The minimum Gasteiger partial charge on any atom is -0.301 e. The molecule has 0 bridgehead atoms. The van der Waals surface area contributed by atoms with Gasteiger partial charge in [-0.25, -0.2) is 9.37 Å². The van der Waals surface area contributed by atoms with Gasteiger partial charge in [0.2, 0.25) is 0 Å². The lowest BCUT2D eigenvalue weighted by molar-refractivity contribution is -0.141. The quantitative estimate of drug-likeness (QED) is 0.724. The summed E-state index contributed by atoms with van der Waals surface area (Å²) in [7, 11) is 0. The molecule has 22 heavy (non-hydrogen) atoms. The Labute approximate surface area is 122 Å². The van der Waals surface area contributed by atoms with E-state index in [4.69, 9.17) is 0 Å². The molecule has 1 N–H and O–H groups in total. The Morgan fingerprint density at radius 3 is 2.64 bits per heavy atom. The zero-order chi connectivity index (χ0) is 16.1.